The lowest BCUT2D eigenvalue weighted by molar-refractivity contribution is 0.628. The van der Waals surface area contributed by atoms with Gasteiger partial charge in [0.2, 0.25) is 0 Å². The van der Waals surface area contributed by atoms with Crippen LogP contribution in [0.15, 0.2) is 18.2 Å². The molecule has 1 aromatic heterocycles. The monoisotopic (exact) mass is 230 g/mol. The standard InChI is InChI=1S/C15H22N2/c1-3-4-5-6-7-10-13-15-12(2)9-8-11-14(15)17-16-13/h8-9,11H,3-7,10H2,1-2H3,(H,16,17). The van der Waals surface area contributed by atoms with Gasteiger partial charge in [-0.15, -0.1) is 0 Å². The van der Waals surface area contributed by atoms with Crippen molar-refractivity contribution >= 4 is 10.9 Å². The zero-order valence-corrected chi connectivity index (χ0v) is 10.9. The average Bonchev–Trinajstić information content (AvgIpc) is 2.74. The van der Waals surface area contributed by atoms with Crippen molar-refractivity contribution in [2.24, 2.45) is 0 Å². The molecule has 0 aliphatic carbocycles. The van der Waals surface area contributed by atoms with E-state index in [1.807, 2.05) is 0 Å². The summed E-state index contributed by atoms with van der Waals surface area (Å²) in [6.07, 6.45) is 7.77. The van der Waals surface area contributed by atoms with Gasteiger partial charge < -0.3 is 0 Å². The third-order valence-corrected chi connectivity index (χ3v) is 3.39. The summed E-state index contributed by atoms with van der Waals surface area (Å²) in [4.78, 5) is 0. The summed E-state index contributed by atoms with van der Waals surface area (Å²) in [5.41, 5.74) is 3.75. The van der Waals surface area contributed by atoms with Crippen molar-refractivity contribution in [2.75, 3.05) is 0 Å². The second kappa shape index (κ2) is 5.85. The van der Waals surface area contributed by atoms with Crippen LogP contribution in [-0.4, -0.2) is 10.2 Å². The van der Waals surface area contributed by atoms with E-state index < -0.39 is 0 Å². The van der Waals surface area contributed by atoms with Gasteiger partial charge in [0.25, 0.3) is 0 Å². The highest BCUT2D eigenvalue weighted by atomic mass is 15.1. The van der Waals surface area contributed by atoms with Crippen molar-refractivity contribution in [1.82, 2.24) is 10.2 Å². The number of hydrogen-bond acceptors (Lipinski definition) is 1. The minimum Gasteiger partial charge on any atom is -0.281 e. The number of rotatable bonds is 6. The van der Waals surface area contributed by atoms with Crippen LogP contribution in [0.25, 0.3) is 10.9 Å². The average molecular weight is 230 g/mol. The molecule has 0 spiro atoms. The summed E-state index contributed by atoms with van der Waals surface area (Å²) in [6.45, 7) is 4.42. The molecular weight excluding hydrogens is 208 g/mol. The maximum absolute atomic E-state index is 4.37. The first-order valence-corrected chi connectivity index (χ1v) is 6.75. The summed E-state index contributed by atoms with van der Waals surface area (Å²) in [5, 5.41) is 8.90. The van der Waals surface area contributed by atoms with Crippen molar-refractivity contribution in [3.8, 4) is 0 Å². The molecule has 1 heterocycles. The van der Waals surface area contributed by atoms with Crippen LogP contribution in [0.1, 0.15) is 50.3 Å². The third kappa shape index (κ3) is 2.87. The molecule has 0 atom stereocenters. The molecule has 17 heavy (non-hydrogen) atoms. The molecule has 0 saturated carbocycles. The fourth-order valence-corrected chi connectivity index (χ4v) is 2.41. The van der Waals surface area contributed by atoms with Crippen molar-refractivity contribution < 1.29 is 0 Å². The summed E-state index contributed by atoms with van der Waals surface area (Å²) < 4.78 is 0. The van der Waals surface area contributed by atoms with Gasteiger partial charge in [0.15, 0.2) is 0 Å². The molecule has 1 N–H and O–H groups in total. The van der Waals surface area contributed by atoms with Crippen LogP contribution in [0, 0.1) is 6.92 Å². The largest absolute Gasteiger partial charge is 0.281 e. The van der Waals surface area contributed by atoms with E-state index in [0.717, 1.165) is 11.9 Å². The number of aryl methyl sites for hydroxylation is 2. The van der Waals surface area contributed by atoms with E-state index in [4.69, 9.17) is 0 Å². The molecule has 0 saturated heterocycles. The van der Waals surface area contributed by atoms with Gasteiger partial charge in [-0.3, -0.25) is 5.10 Å². The summed E-state index contributed by atoms with van der Waals surface area (Å²) in [7, 11) is 0. The quantitative estimate of drug-likeness (QED) is 0.733. The van der Waals surface area contributed by atoms with Crippen LogP contribution in [0.5, 0.6) is 0 Å². The van der Waals surface area contributed by atoms with E-state index in [1.165, 1.54) is 48.7 Å². The Kier molecular flexibility index (Phi) is 4.18. The zero-order valence-electron chi connectivity index (χ0n) is 10.9. The normalized spacial score (nSPS) is 11.2. The Morgan fingerprint density at radius 2 is 1.94 bits per heavy atom. The Balaban J connectivity index is 1.99. The summed E-state index contributed by atoms with van der Waals surface area (Å²) in [5.74, 6) is 0. The van der Waals surface area contributed by atoms with Crippen LogP contribution >= 0.6 is 0 Å². The maximum atomic E-state index is 4.37. The first-order valence-electron chi connectivity index (χ1n) is 6.75. The predicted molar refractivity (Wildman–Crippen MR) is 73.3 cm³/mol. The number of unbranched alkanes of at least 4 members (excludes halogenated alkanes) is 4. The highest BCUT2D eigenvalue weighted by molar-refractivity contribution is 5.84. The maximum Gasteiger partial charge on any atom is 0.0926 e. The number of aromatic amines is 1. The fraction of sp³-hybridized carbons (Fsp3) is 0.533. The molecule has 2 nitrogen and oxygen atoms in total. The second-order valence-corrected chi connectivity index (χ2v) is 4.84. The molecule has 2 aromatic rings. The van der Waals surface area contributed by atoms with Gasteiger partial charge in [0.05, 0.1) is 5.52 Å². The molecule has 0 aliphatic heterocycles. The topological polar surface area (TPSA) is 28.7 Å². The number of nitrogens with one attached hydrogen (secondary N) is 1. The second-order valence-electron chi connectivity index (χ2n) is 4.84. The minimum absolute atomic E-state index is 1.11. The Morgan fingerprint density at radius 1 is 1.12 bits per heavy atom. The van der Waals surface area contributed by atoms with Gasteiger partial charge in [-0.2, -0.15) is 5.10 Å². The Morgan fingerprint density at radius 3 is 2.76 bits per heavy atom. The lowest BCUT2D eigenvalue weighted by atomic mass is 10.0. The lowest BCUT2D eigenvalue weighted by Gasteiger charge is -2.01. The highest BCUT2D eigenvalue weighted by Gasteiger charge is 2.06. The molecule has 1 aromatic carbocycles. The summed E-state index contributed by atoms with van der Waals surface area (Å²) >= 11 is 0. The molecule has 0 radical (unpaired) electrons. The Bertz CT molecular complexity index is 471. The first kappa shape index (κ1) is 12.2. The molecule has 2 heteroatoms. The fourth-order valence-electron chi connectivity index (χ4n) is 2.41. The predicted octanol–water partition coefficient (Wildman–Crippen LogP) is 4.38. The molecular formula is C15H22N2. The van der Waals surface area contributed by atoms with E-state index in [9.17, 15) is 0 Å². The molecule has 0 amide bonds. The van der Waals surface area contributed by atoms with Crippen LogP contribution in [0.3, 0.4) is 0 Å². The number of benzene rings is 1. The van der Waals surface area contributed by atoms with E-state index >= 15 is 0 Å². The molecule has 0 unspecified atom stereocenters. The molecule has 0 bridgehead atoms. The van der Waals surface area contributed by atoms with Crippen molar-refractivity contribution in [3.05, 3.63) is 29.5 Å². The van der Waals surface area contributed by atoms with Gasteiger partial charge in [0.1, 0.15) is 0 Å². The SMILES string of the molecule is CCCCCCCc1[nH]nc2cccc(C)c12. The van der Waals surface area contributed by atoms with Gasteiger partial charge in [-0.1, -0.05) is 44.7 Å². The lowest BCUT2D eigenvalue weighted by Crippen LogP contribution is -1.88. The van der Waals surface area contributed by atoms with E-state index in [0.29, 0.717) is 0 Å². The first-order chi connectivity index (χ1) is 8.33. The van der Waals surface area contributed by atoms with Gasteiger partial charge in [-0.05, 0) is 31.4 Å². The van der Waals surface area contributed by atoms with Gasteiger partial charge in [-0.25, -0.2) is 0 Å². The van der Waals surface area contributed by atoms with Crippen LogP contribution in [-0.2, 0) is 6.42 Å². The molecule has 0 fully saturated rings. The smallest absolute Gasteiger partial charge is 0.0926 e. The summed E-state index contributed by atoms with van der Waals surface area (Å²) in [6, 6.07) is 6.32. The zero-order chi connectivity index (χ0) is 12.1. The van der Waals surface area contributed by atoms with E-state index in [2.05, 4.69) is 42.2 Å². The van der Waals surface area contributed by atoms with Gasteiger partial charge in [0, 0.05) is 11.1 Å². The van der Waals surface area contributed by atoms with Crippen LogP contribution < -0.4 is 0 Å². The van der Waals surface area contributed by atoms with Crippen LogP contribution in [0.4, 0.5) is 0 Å². The number of H-pyrrole nitrogens is 1. The molecule has 0 aliphatic rings. The van der Waals surface area contributed by atoms with Gasteiger partial charge >= 0.3 is 0 Å². The van der Waals surface area contributed by atoms with Crippen LogP contribution in [0.2, 0.25) is 0 Å². The third-order valence-electron chi connectivity index (χ3n) is 3.39. The highest BCUT2D eigenvalue weighted by Crippen LogP contribution is 2.21. The minimum atomic E-state index is 1.11. The number of nitrogens with zero attached hydrogens (tertiary/aromatic N) is 1. The van der Waals surface area contributed by atoms with E-state index in [1.54, 1.807) is 0 Å². The molecule has 92 valence electrons. The van der Waals surface area contributed by atoms with E-state index in [-0.39, 0.29) is 0 Å². The number of fused-ring (bicyclic) bond motifs is 1. The van der Waals surface area contributed by atoms with Crippen molar-refractivity contribution in [2.45, 2.75) is 52.4 Å². The molecule has 2 rings (SSSR count). The van der Waals surface area contributed by atoms with Crippen molar-refractivity contribution in [3.63, 3.8) is 0 Å². The number of aromatic nitrogens is 2. The van der Waals surface area contributed by atoms with Crippen molar-refractivity contribution in [1.29, 1.82) is 0 Å². The Hall–Kier alpha value is -1.31. The Labute approximate surface area is 103 Å². The number of hydrogen-bond donors (Lipinski definition) is 1.